The van der Waals surface area contributed by atoms with Gasteiger partial charge in [0.1, 0.15) is 23.2 Å². The van der Waals surface area contributed by atoms with E-state index in [1.165, 1.54) is 12.1 Å². The van der Waals surface area contributed by atoms with Gasteiger partial charge in [0.15, 0.2) is 0 Å². The first kappa shape index (κ1) is 12.6. The third-order valence-corrected chi connectivity index (χ3v) is 2.75. The lowest BCUT2D eigenvalue weighted by molar-refractivity contribution is 0.475. The molecule has 0 spiro atoms. The highest BCUT2D eigenvalue weighted by atomic mass is 79.9. The molecule has 0 radical (unpaired) electrons. The lowest BCUT2D eigenvalue weighted by atomic mass is 10.2. The standard InChI is InChI=1S/C13H10BrFN2O/c14-8-4-5-12(11(6-8)13(16)17)18-10-3-1-2-9(15)7-10/h1-7H,(H3,16,17). The molecule has 18 heavy (non-hydrogen) atoms. The van der Waals surface area contributed by atoms with E-state index in [-0.39, 0.29) is 11.7 Å². The van der Waals surface area contributed by atoms with Crippen molar-refractivity contribution >= 4 is 21.8 Å². The van der Waals surface area contributed by atoms with Gasteiger partial charge in [-0.1, -0.05) is 22.0 Å². The van der Waals surface area contributed by atoms with Crippen LogP contribution in [0.4, 0.5) is 4.39 Å². The van der Waals surface area contributed by atoms with Gasteiger partial charge in [-0.2, -0.15) is 0 Å². The fourth-order valence-electron chi connectivity index (χ4n) is 1.46. The Labute approximate surface area is 112 Å². The van der Waals surface area contributed by atoms with Gasteiger partial charge in [-0.15, -0.1) is 0 Å². The van der Waals surface area contributed by atoms with Crippen LogP contribution in [0.25, 0.3) is 0 Å². The van der Waals surface area contributed by atoms with E-state index in [0.717, 1.165) is 4.47 Å². The van der Waals surface area contributed by atoms with Gasteiger partial charge in [0.05, 0.1) is 5.56 Å². The molecule has 0 saturated carbocycles. The minimum atomic E-state index is -0.381. The number of nitrogen functional groups attached to an aromatic ring is 1. The molecule has 3 N–H and O–H groups in total. The van der Waals surface area contributed by atoms with E-state index in [0.29, 0.717) is 17.1 Å². The number of nitrogens with two attached hydrogens (primary N) is 1. The van der Waals surface area contributed by atoms with Crippen molar-refractivity contribution in [3.8, 4) is 11.5 Å². The van der Waals surface area contributed by atoms with Crippen molar-refractivity contribution in [1.82, 2.24) is 0 Å². The number of rotatable bonds is 3. The van der Waals surface area contributed by atoms with Crippen LogP contribution < -0.4 is 10.5 Å². The van der Waals surface area contributed by atoms with Crippen LogP contribution in [0.3, 0.4) is 0 Å². The first-order valence-electron chi connectivity index (χ1n) is 5.13. The SMILES string of the molecule is N=C(N)c1cc(Br)ccc1Oc1cccc(F)c1. The molecule has 0 heterocycles. The van der Waals surface area contributed by atoms with E-state index in [2.05, 4.69) is 15.9 Å². The lowest BCUT2D eigenvalue weighted by Gasteiger charge is -2.10. The van der Waals surface area contributed by atoms with Gasteiger partial charge in [0.25, 0.3) is 0 Å². The molecule has 5 heteroatoms. The summed E-state index contributed by atoms with van der Waals surface area (Å²) in [5, 5.41) is 7.48. The molecule has 0 aliphatic carbocycles. The number of hydrogen-bond acceptors (Lipinski definition) is 2. The van der Waals surface area contributed by atoms with Gasteiger partial charge in [-0.05, 0) is 30.3 Å². The molecule has 0 unspecified atom stereocenters. The Balaban J connectivity index is 2.37. The van der Waals surface area contributed by atoms with Gasteiger partial charge in [-0.25, -0.2) is 4.39 Å². The van der Waals surface area contributed by atoms with E-state index in [1.807, 2.05) is 0 Å². The zero-order valence-corrected chi connectivity index (χ0v) is 10.9. The molecular weight excluding hydrogens is 299 g/mol. The van der Waals surface area contributed by atoms with Crippen LogP contribution in [0.15, 0.2) is 46.9 Å². The van der Waals surface area contributed by atoms with E-state index in [9.17, 15) is 4.39 Å². The normalized spacial score (nSPS) is 10.1. The average molecular weight is 309 g/mol. The van der Waals surface area contributed by atoms with Crippen molar-refractivity contribution in [1.29, 1.82) is 5.41 Å². The van der Waals surface area contributed by atoms with Gasteiger partial charge < -0.3 is 10.5 Å². The molecule has 2 aromatic rings. The summed E-state index contributed by atoms with van der Waals surface area (Å²) in [6.07, 6.45) is 0. The topological polar surface area (TPSA) is 59.1 Å². The Bertz CT molecular complexity index is 601. The Morgan fingerprint density at radius 2 is 2.00 bits per heavy atom. The fourth-order valence-corrected chi connectivity index (χ4v) is 1.82. The predicted molar refractivity (Wildman–Crippen MR) is 71.6 cm³/mol. The number of halogens is 2. The molecule has 0 saturated heterocycles. The van der Waals surface area contributed by atoms with E-state index in [4.69, 9.17) is 15.9 Å². The van der Waals surface area contributed by atoms with Crippen LogP contribution in [-0.2, 0) is 0 Å². The number of ether oxygens (including phenoxy) is 1. The van der Waals surface area contributed by atoms with Crippen LogP contribution >= 0.6 is 15.9 Å². The summed E-state index contributed by atoms with van der Waals surface area (Å²) in [7, 11) is 0. The molecule has 0 atom stereocenters. The Morgan fingerprint density at radius 3 is 2.67 bits per heavy atom. The van der Waals surface area contributed by atoms with Gasteiger partial charge >= 0.3 is 0 Å². The van der Waals surface area contributed by atoms with Crippen molar-refractivity contribution in [3.05, 3.63) is 58.3 Å². The first-order valence-corrected chi connectivity index (χ1v) is 5.93. The summed E-state index contributed by atoms with van der Waals surface area (Å²) >= 11 is 3.29. The highest BCUT2D eigenvalue weighted by Gasteiger charge is 2.08. The van der Waals surface area contributed by atoms with Crippen LogP contribution in [0.2, 0.25) is 0 Å². The molecule has 0 aliphatic heterocycles. The number of benzene rings is 2. The Morgan fingerprint density at radius 1 is 1.22 bits per heavy atom. The molecule has 0 amide bonds. The quantitative estimate of drug-likeness (QED) is 0.671. The molecule has 92 valence electrons. The van der Waals surface area contributed by atoms with Crippen molar-refractivity contribution in [3.63, 3.8) is 0 Å². The summed E-state index contributed by atoms with van der Waals surface area (Å²) in [5.74, 6) is 0.285. The highest BCUT2D eigenvalue weighted by molar-refractivity contribution is 9.10. The maximum absolute atomic E-state index is 13.0. The Hall–Kier alpha value is -1.88. The zero-order valence-electron chi connectivity index (χ0n) is 9.28. The smallest absolute Gasteiger partial charge is 0.138 e. The number of nitrogens with one attached hydrogen (secondary N) is 1. The highest BCUT2D eigenvalue weighted by Crippen LogP contribution is 2.28. The largest absolute Gasteiger partial charge is 0.456 e. The molecule has 0 fully saturated rings. The van der Waals surface area contributed by atoms with Crippen LogP contribution in [-0.4, -0.2) is 5.84 Å². The second kappa shape index (κ2) is 5.18. The molecule has 2 aromatic carbocycles. The predicted octanol–water partition coefficient (Wildman–Crippen LogP) is 3.66. The van der Waals surface area contributed by atoms with Crippen molar-refractivity contribution < 1.29 is 9.13 Å². The molecule has 0 aliphatic rings. The number of amidine groups is 1. The molecule has 0 bridgehead atoms. The minimum absolute atomic E-state index is 0.109. The van der Waals surface area contributed by atoms with E-state index in [1.54, 1.807) is 30.3 Å². The van der Waals surface area contributed by atoms with Crippen molar-refractivity contribution in [2.45, 2.75) is 0 Å². The van der Waals surface area contributed by atoms with Crippen molar-refractivity contribution in [2.24, 2.45) is 5.73 Å². The zero-order chi connectivity index (χ0) is 13.1. The molecular formula is C13H10BrFN2O. The third kappa shape index (κ3) is 2.87. The average Bonchev–Trinajstić information content (AvgIpc) is 2.31. The summed E-state index contributed by atoms with van der Waals surface area (Å²) in [6.45, 7) is 0. The summed E-state index contributed by atoms with van der Waals surface area (Å²) in [6, 6.07) is 10.9. The molecule has 3 nitrogen and oxygen atoms in total. The van der Waals surface area contributed by atoms with Gasteiger partial charge in [-0.3, -0.25) is 5.41 Å². The van der Waals surface area contributed by atoms with Crippen molar-refractivity contribution in [2.75, 3.05) is 0 Å². The summed E-state index contributed by atoms with van der Waals surface area (Å²) < 4.78 is 19.4. The molecule has 0 aromatic heterocycles. The van der Waals surface area contributed by atoms with Crippen LogP contribution in [0.5, 0.6) is 11.5 Å². The van der Waals surface area contributed by atoms with Crippen LogP contribution in [0, 0.1) is 11.2 Å². The lowest BCUT2D eigenvalue weighted by Crippen LogP contribution is -2.12. The maximum atomic E-state index is 13.0. The Kier molecular flexibility index (Phi) is 3.62. The van der Waals surface area contributed by atoms with Gasteiger partial charge in [0, 0.05) is 10.5 Å². The second-order valence-electron chi connectivity index (χ2n) is 3.61. The maximum Gasteiger partial charge on any atom is 0.138 e. The molecule has 2 rings (SSSR count). The van der Waals surface area contributed by atoms with E-state index < -0.39 is 0 Å². The second-order valence-corrected chi connectivity index (χ2v) is 4.53. The third-order valence-electron chi connectivity index (χ3n) is 2.26. The fraction of sp³-hybridized carbons (Fsp3) is 0. The number of hydrogen-bond donors (Lipinski definition) is 2. The van der Waals surface area contributed by atoms with E-state index >= 15 is 0 Å². The monoisotopic (exact) mass is 308 g/mol. The minimum Gasteiger partial charge on any atom is -0.456 e. The summed E-state index contributed by atoms with van der Waals surface area (Å²) in [4.78, 5) is 0. The van der Waals surface area contributed by atoms with Gasteiger partial charge in [0.2, 0.25) is 0 Å². The first-order chi connectivity index (χ1) is 8.56. The summed E-state index contributed by atoms with van der Waals surface area (Å²) in [5.41, 5.74) is 5.93. The van der Waals surface area contributed by atoms with Crippen LogP contribution in [0.1, 0.15) is 5.56 Å².